The standard InChI is InChI=1S/C17H13ClN6O2/c18-10-2-1-4-24-13(10)6-12(22-24)16-15-11(20-8-21-15)3-5-23(16)17(25)14-7-19-9-26-14/h1-2,4,6-9,16H,3,5H2,(H,20,21). The van der Waals surface area contributed by atoms with E-state index >= 15 is 0 Å². The van der Waals surface area contributed by atoms with E-state index in [-0.39, 0.29) is 11.7 Å². The van der Waals surface area contributed by atoms with E-state index in [2.05, 4.69) is 20.1 Å². The highest BCUT2D eigenvalue weighted by molar-refractivity contribution is 6.33. The van der Waals surface area contributed by atoms with Gasteiger partial charge in [0.25, 0.3) is 5.91 Å². The molecule has 0 aliphatic carbocycles. The number of amides is 1. The minimum Gasteiger partial charge on any atom is -0.438 e. The van der Waals surface area contributed by atoms with Crippen molar-refractivity contribution in [1.82, 2.24) is 29.5 Å². The Morgan fingerprint density at radius 3 is 3.15 bits per heavy atom. The summed E-state index contributed by atoms with van der Waals surface area (Å²) >= 11 is 6.28. The van der Waals surface area contributed by atoms with Crippen LogP contribution in [0.4, 0.5) is 0 Å². The summed E-state index contributed by atoms with van der Waals surface area (Å²) in [6.45, 7) is 0.515. The van der Waals surface area contributed by atoms with Crippen LogP contribution < -0.4 is 0 Å². The van der Waals surface area contributed by atoms with E-state index in [0.29, 0.717) is 23.7 Å². The number of carbonyl (C=O) groups excluding carboxylic acids is 1. The summed E-state index contributed by atoms with van der Waals surface area (Å²) in [6, 6.07) is 5.08. The van der Waals surface area contributed by atoms with Gasteiger partial charge in [0, 0.05) is 24.9 Å². The molecule has 0 saturated heterocycles. The third kappa shape index (κ3) is 2.22. The molecule has 4 aromatic rings. The van der Waals surface area contributed by atoms with Crippen molar-refractivity contribution < 1.29 is 9.21 Å². The van der Waals surface area contributed by atoms with Gasteiger partial charge in [0.1, 0.15) is 6.04 Å². The maximum absolute atomic E-state index is 13.0. The first kappa shape index (κ1) is 15.2. The molecule has 1 unspecified atom stereocenters. The number of carbonyl (C=O) groups is 1. The molecule has 0 bridgehead atoms. The highest BCUT2D eigenvalue weighted by Gasteiger charge is 2.37. The van der Waals surface area contributed by atoms with E-state index in [1.54, 1.807) is 21.8 Å². The van der Waals surface area contributed by atoms with Gasteiger partial charge in [-0.1, -0.05) is 11.6 Å². The lowest BCUT2D eigenvalue weighted by molar-refractivity contribution is 0.0654. The van der Waals surface area contributed by atoms with E-state index in [9.17, 15) is 4.79 Å². The van der Waals surface area contributed by atoms with Gasteiger partial charge in [-0.15, -0.1) is 0 Å². The van der Waals surface area contributed by atoms with Gasteiger partial charge in [-0.3, -0.25) is 4.79 Å². The van der Waals surface area contributed by atoms with E-state index in [0.717, 1.165) is 16.9 Å². The van der Waals surface area contributed by atoms with Gasteiger partial charge in [-0.2, -0.15) is 5.10 Å². The first-order valence-corrected chi connectivity index (χ1v) is 8.45. The molecular formula is C17H13ClN6O2. The van der Waals surface area contributed by atoms with Crippen LogP contribution in [0.25, 0.3) is 5.52 Å². The zero-order valence-electron chi connectivity index (χ0n) is 13.5. The zero-order chi connectivity index (χ0) is 17.7. The van der Waals surface area contributed by atoms with Crippen LogP contribution in [0.1, 0.15) is 33.7 Å². The summed E-state index contributed by atoms with van der Waals surface area (Å²) in [5.41, 5.74) is 3.25. The molecule has 5 heterocycles. The lowest BCUT2D eigenvalue weighted by Gasteiger charge is -2.33. The van der Waals surface area contributed by atoms with Gasteiger partial charge in [0.05, 0.1) is 34.5 Å². The molecule has 5 rings (SSSR count). The summed E-state index contributed by atoms with van der Waals surface area (Å²) < 4.78 is 6.91. The lowest BCUT2D eigenvalue weighted by atomic mass is 9.99. The van der Waals surface area contributed by atoms with Crippen LogP contribution >= 0.6 is 11.6 Å². The lowest BCUT2D eigenvalue weighted by Crippen LogP contribution is -2.40. The van der Waals surface area contributed by atoms with Crippen molar-refractivity contribution >= 4 is 23.0 Å². The molecule has 1 aliphatic heterocycles. The molecular weight excluding hydrogens is 356 g/mol. The topological polar surface area (TPSA) is 92.3 Å². The molecule has 26 heavy (non-hydrogen) atoms. The maximum Gasteiger partial charge on any atom is 0.292 e. The normalized spacial score (nSPS) is 16.8. The van der Waals surface area contributed by atoms with Gasteiger partial charge in [0.2, 0.25) is 5.76 Å². The molecule has 9 heteroatoms. The molecule has 0 saturated carbocycles. The Labute approximate surface area is 152 Å². The number of aromatic amines is 1. The Morgan fingerprint density at radius 2 is 2.35 bits per heavy atom. The van der Waals surface area contributed by atoms with Crippen molar-refractivity contribution in [3.05, 3.63) is 71.2 Å². The number of aromatic nitrogens is 5. The van der Waals surface area contributed by atoms with Gasteiger partial charge in [0.15, 0.2) is 6.39 Å². The van der Waals surface area contributed by atoms with Crippen LogP contribution in [-0.4, -0.2) is 41.9 Å². The molecule has 0 fully saturated rings. The molecule has 130 valence electrons. The number of fused-ring (bicyclic) bond motifs is 2. The van der Waals surface area contributed by atoms with Crippen LogP contribution in [0.3, 0.4) is 0 Å². The SMILES string of the molecule is O=C(c1cnco1)N1CCc2[nH]cnc2C1c1cc2c(Cl)cccn2n1. The van der Waals surface area contributed by atoms with Gasteiger partial charge >= 0.3 is 0 Å². The molecule has 0 aromatic carbocycles. The molecule has 4 aromatic heterocycles. The average molecular weight is 369 g/mol. The maximum atomic E-state index is 13.0. The van der Waals surface area contributed by atoms with Crippen LogP contribution in [0, 0.1) is 0 Å². The van der Waals surface area contributed by atoms with E-state index < -0.39 is 6.04 Å². The second-order valence-electron chi connectivity index (χ2n) is 6.04. The molecule has 1 aliphatic rings. The number of hydrogen-bond acceptors (Lipinski definition) is 5. The third-order valence-electron chi connectivity index (χ3n) is 4.58. The number of pyridine rings is 1. The van der Waals surface area contributed by atoms with Crippen molar-refractivity contribution in [1.29, 1.82) is 0 Å². The molecule has 0 radical (unpaired) electrons. The largest absolute Gasteiger partial charge is 0.438 e. The van der Waals surface area contributed by atoms with E-state index in [4.69, 9.17) is 16.0 Å². The fourth-order valence-electron chi connectivity index (χ4n) is 3.39. The summed E-state index contributed by atoms with van der Waals surface area (Å²) in [4.78, 5) is 26.1. The van der Waals surface area contributed by atoms with Gasteiger partial charge < -0.3 is 14.3 Å². The number of nitrogens with one attached hydrogen (secondary N) is 1. The Morgan fingerprint density at radius 1 is 1.42 bits per heavy atom. The van der Waals surface area contributed by atoms with Crippen molar-refractivity contribution in [2.24, 2.45) is 0 Å². The van der Waals surface area contributed by atoms with Crippen LogP contribution in [0.5, 0.6) is 0 Å². The predicted molar refractivity (Wildman–Crippen MR) is 91.9 cm³/mol. The Balaban J connectivity index is 1.66. The Bertz CT molecular complexity index is 1100. The fraction of sp³-hybridized carbons (Fsp3) is 0.176. The van der Waals surface area contributed by atoms with E-state index in [1.807, 2.05) is 18.3 Å². The Kier molecular flexibility index (Phi) is 3.32. The average Bonchev–Trinajstić information content (AvgIpc) is 3.39. The number of hydrogen-bond donors (Lipinski definition) is 1. The van der Waals surface area contributed by atoms with Crippen LogP contribution in [0.15, 0.2) is 47.7 Å². The minimum absolute atomic E-state index is 0.191. The second kappa shape index (κ2) is 5.70. The van der Waals surface area contributed by atoms with Gasteiger partial charge in [-0.25, -0.2) is 14.5 Å². The quantitative estimate of drug-likeness (QED) is 0.586. The number of halogens is 1. The fourth-order valence-corrected chi connectivity index (χ4v) is 3.61. The first-order valence-electron chi connectivity index (χ1n) is 8.08. The molecule has 1 amide bonds. The summed E-state index contributed by atoms with van der Waals surface area (Å²) in [5, 5.41) is 5.22. The number of H-pyrrole nitrogens is 1. The van der Waals surface area contributed by atoms with Gasteiger partial charge in [-0.05, 0) is 18.2 Å². The molecule has 0 spiro atoms. The molecule has 1 N–H and O–H groups in total. The minimum atomic E-state index is -0.432. The molecule has 8 nitrogen and oxygen atoms in total. The summed E-state index contributed by atoms with van der Waals surface area (Å²) in [6.07, 6.45) is 6.81. The smallest absolute Gasteiger partial charge is 0.292 e. The molecule has 1 atom stereocenters. The van der Waals surface area contributed by atoms with Crippen LogP contribution in [-0.2, 0) is 6.42 Å². The highest BCUT2D eigenvalue weighted by Crippen LogP contribution is 2.34. The highest BCUT2D eigenvalue weighted by atomic mass is 35.5. The monoisotopic (exact) mass is 368 g/mol. The number of imidazole rings is 1. The number of oxazole rings is 1. The zero-order valence-corrected chi connectivity index (χ0v) is 14.2. The number of nitrogens with zero attached hydrogens (tertiary/aromatic N) is 5. The van der Waals surface area contributed by atoms with Crippen molar-refractivity contribution in [2.75, 3.05) is 6.54 Å². The first-order chi connectivity index (χ1) is 12.7. The van der Waals surface area contributed by atoms with Crippen LogP contribution in [0.2, 0.25) is 5.02 Å². The second-order valence-corrected chi connectivity index (χ2v) is 6.45. The summed E-state index contributed by atoms with van der Waals surface area (Å²) in [5.74, 6) is -0.0555. The van der Waals surface area contributed by atoms with Crippen molar-refractivity contribution in [3.63, 3.8) is 0 Å². The van der Waals surface area contributed by atoms with E-state index in [1.165, 1.54) is 12.6 Å². The summed E-state index contributed by atoms with van der Waals surface area (Å²) in [7, 11) is 0. The van der Waals surface area contributed by atoms with Crippen molar-refractivity contribution in [2.45, 2.75) is 12.5 Å². The Hall–Kier alpha value is -3.13. The number of rotatable bonds is 2. The third-order valence-corrected chi connectivity index (χ3v) is 4.90. The predicted octanol–water partition coefficient (Wildman–Crippen LogP) is 2.49. The van der Waals surface area contributed by atoms with Crippen molar-refractivity contribution in [3.8, 4) is 0 Å².